The molecule has 14 heavy (non-hydrogen) atoms. The first kappa shape index (κ1) is 11.5. The molecule has 0 aliphatic heterocycles. The third-order valence-corrected chi connectivity index (χ3v) is 6.82. The Morgan fingerprint density at radius 1 is 1.21 bits per heavy atom. The highest BCUT2D eigenvalue weighted by molar-refractivity contribution is 6.72. The highest BCUT2D eigenvalue weighted by Crippen LogP contribution is 2.18. The van der Waals surface area contributed by atoms with Crippen molar-refractivity contribution in [1.82, 2.24) is 0 Å². The van der Waals surface area contributed by atoms with Crippen LogP contribution >= 0.6 is 0 Å². The van der Waals surface area contributed by atoms with E-state index in [2.05, 4.69) is 43.8 Å². The standard InChI is InChI=1S/C12H20OSi/c1-4-14(3,13-2)11-10-12-8-6-5-7-9-12/h5-9H,4,10-11H2,1-3H3. The van der Waals surface area contributed by atoms with Gasteiger partial charge in [0, 0.05) is 7.11 Å². The van der Waals surface area contributed by atoms with Gasteiger partial charge in [-0.2, -0.15) is 0 Å². The SMILES string of the molecule is CC[Si](C)(CCc1ccccc1)OC. The zero-order chi connectivity index (χ0) is 10.4. The van der Waals surface area contributed by atoms with Crippen molar-refractivity contribution in [3.63, 3.8) is 0 Å². The van der Waals surface area contributed by atoms with Gasteiger partial charge in [-0.1, -0.05) is 37.3 Å². The monoisotopic (exact) mass is 208 g/mol. The summed E-state index contributed by atoms with van der Waals surface area (Å²) in [6, 6.07) is 13.1. The summed E-state index contributed by atoms with van der Waals surface area (Å²) in [5.74, 6) is 0. The predicted molar refractivity (Wildman–Crippen MR) is 64.1 cm³/mol. The first-order valence-corrected chi connectivity index (χ1v) is 8.11. The Balaban J connectivity index is 2.48. The van der Waals surface area contributed by atoms with Crippen LogP contribution in [0.2, 0.25) is 18.6 Å². The van der Waals surface area contributed by atoms with E-state index in [1.807, 2.05) is 7.11 Å². The van der Waals surface area contributed by atoms with Crippen molar-refractivity contribution in [2.45, 2.75) is 32.0 Å². The fourth-order valence-electron chi connectivity index (χ4n) is 1.48. The van der Waals surface area contributed by atoms with E-state index < -0.39 is 8.32 Å². The third-order valence-electron chi connectivity index (χ3n) is 3.03. The number of hydrogen-bond acceptors (Lipinski definition) is 1. The lowest BCUT2D eigenvalue weighted by molar-refractivity contribution is 0.397. The molecule has 1 aromatic carbocycles. The zero-order valence-electron chi connectivity index (χ0n) is 9.42. The first-order valence-electron chi connectivity index (χ1n) is 5.29. The number of benzene rings is 1. The number of rotatable bonds is 5. The molecular formula is C12H20OSi. The van der Waals surface area contributed by atoms with Crippen LogP contribution in [0.3, 0.4) is 0 Å². The summed E-state index contributed by atoms with van der Waals surface area (Å²) in [4.78, 5) is 0. The summed E-state index contributed by atoms with van der Waals surface area (Å²) in [6.45, 7) is 4.55. The zero-order valence-corrected chi connectivity index (χ0v) is 10.4. The molecule has 0 saturated carbocycles. The predicted octanol–water partition coefficient (Wildman–Crippen LogP) is 3.47. The van der Waals surface area contributed by atoms with Crippen molar-refractivity contribution in [2.75, 3.05) is 7.11 Å². The van der Waals surface area contributed by atoms with E-state index >= 15 is 0 Å². The fourth-order valence-corrected chi connectivity index (χ4v) is 3.14. The summed E-state index contributed by atoms with van der Waals surface area (Å²) in [6.07, 6.45) is 1.16. The summed E-state index contributed by atoms with van der Waals surface area (Å²) in [5, 5.41) is 0. The molecule has 1 aromatic rings. The molecule has 0 radical (unpaired) electrons. The molecular weight excluding hydrogens is 188 g/mol. The highest BCUT2D eigenvalue weighted by Gasteiger charge is 2.24. The average molecular weight is 208 g/mol. The molecule has 0 N–H and O–H groups in total. The van der Waals surface area contributed by atoms with Crippen LogP contribution in [-0.2, 0) is 10.8 Å². The first-order chi connectivity index (χ1) is 6.70. The second kappa shape index (κ2) is 5.32. The lowest BCUT2D eigenvalue weighted by Gasteiger charge is -2.23. The van der Waals surface area contributed by atoms with Crippen LogP contribution in [-0.4, -0.2) is 15.4 Å². The summed E-state index contributed by atoms with van der Waals surface area (Å²) in [5.41, 5.74) is 1.43. The molecule has 0 spiro atoms. The van der Waals surface area contributed by atoms with Gasteiger partial charge in [-0.05, 0) is 30.6 Å². The van der Waals surface area contributed by atoms with Crippen LogP contribution in [0.5, 0.6) is 0 Å². The molecule has 2 heteroatoms. The molecule has 0 amide bonds. The van der Waals surface area contributed by atoms with Crippen molar-refractivity contribution < 1.29 is 4.43 Å². The number of hydrogen-bond donors (Lipinski definition) is 0. The Morgan fingerprint density at radius 3 is 2.36 bits per heavy atom. The lowest BCUT2D eigenvalue weighted by Crippen LogP contribution is -2.32. The van der Waals surface area contributed by atoms with E-state index in [4.69, 9.17) is 4.43 Å². The molecule has 0 heterocycles. The molecule has 1 nitrogen and oxygen atoms in total. The van der Waals surface area contributed by atoms with Crippen molar-refractivity contribution in [3.8, 4) is 0 Å². The highest BCUT2D eigenvalue weighted by atomic mass is 28.4. The Bertz CT molecular complexity index is 254. The molecule has 78 valence electrons. The van der Waals surface area contributed by atoms with Crippen LogP contribution < -0.4 is 0 Å². The molecule has 1 unspecified atom stereocenters. The molecule has 0 aliphatic rings. The van der Waals surface area contributed by atoms with Crippen molar-refractivity contribution >= 4 is 8.32 Å². The number of aryl methyl sites for hydroxylation is 1. The Labute approximate surface area is 88.2 Å². The van der Waals surface area contributed by atoms with Crippen LogP contribution in [0.25, 0.3) is 0 Å². The van der Waals surface area contributed by atoms with Gasteiger partial charge in [-0.25, -0.2) is 0 Å². The lowest BCUT2D eigenvalue weighted by atomic mass is 10.2. The molecule has 1 atom stereocenters. The average Bonchev–Trinajstić information content (AvgIpc) is 2.27. The van der Waals surface area contributed by atoms with E-state index in [0.29, 0.717) is 0 Å². The minimum atomic E-state index is -1.38. The van der Waals surface area contributed by atoms with Crippen LogP contribution in [0, 0.1) is 0 Å². The second-order valence-electron chi connectivity index (χ2n) is 3.99. The minimum absolute atomic E-state index is 1.16. The molecule has 0 aliphatic carbocycles. The van der Waals surface area contributed by atoms with Gasteiger partial charge >= 0.3 is 0 Å². The van der Waals surface area contributed by atoms with Crippen LogP contribution in [0.15, 0.2) is 30.3 Å². The molecule has 0 bridgehead atoms. The molecule has 0 saturated heterocycles. The van der Waals surface area contributed by atoms with E-state index in [-0.39, 0.29) is 0 Å². The van der Waals surface area contributed by atoms with Crippen molar-refractivity contribution in [1.29, 1.82) is 0 Å². The quantitative estimate of drug-likeness (QED) is 0.673. The maximum Gasteiger partial charge on any atom is 0.189 e. The van der Waals surface area contributed by atoms with E-state index in [1.165, 1.54) is 17.7 Å². The van der Waals surface area contributed by atoms with Gasteiger partial charge in [0.2, 0.25) is 0 Å². The Morgan fingerprint density at radius 2 is 1.86 bits per heavy atom. The topological polar surface area (TPSA) is 9.23 Å². The summed E-state index contributed by atoms with van der Waals surface area (Å²) >= 11 is 0. The molecule has 0 aromatic heterocycles. The fraction of sp³-hybridized carbons (Fsp3) is 0.500. The van der Waals surface area contributed by atoms with Gasteiger partial charge < -0.3 is 4.43 Å². The Kier molecular flexibility index (Phi) is 4.36. The van der Waals surface area contributed by atoms with E-state index in [1.54, 1.807) is 0 Å². The van der Waals surface area contributed by atoms with Gasteiger partial charge in [0.05, 0.1) is 0 Å². The second-order valence-corrected chi connectivity index (χ2v) is 8.51. The van der Waals surface area contributed by atoms with Crippen LogP contribution in [0.1, 0.15) is 12.5 Å². The minimum Gasteiger partial charge on any atom is -0.420 e. The van der Waals surface area contributed by atoms with Crippen molar-refractivity contribution in [3.05, 3.63) is 35.9 Å². The summed E-state index contributed by atoms with van der Waals surface area (Å²) in [7, 11) is 0.482. The van der Waals surface area contributed by atoms with Gasteiger partial charge in [0.25, 0.3) is 0 Å². The Hall–Kier alpha value is -0.603. The van der Waals surface area contributed by atoms with E-state index in [0.717, 1.165) is 6.42 Å². The summed E-state index contributed by atoms with van der Waals surface area (Å²) < 4.78 is 5.65. The van der Waals surface area contributed by atoms with Gasteiger partial charge in [0.15, 0.2) is 8.32 Å². The van der Waals surface area contributed by atoms with Crippen LogP contribution in [0.4, 0.5) is 0 Å². The van der Waals surface area contributed by atoms with Crippen molar-refractivity contribution in [2.24, 2.45) is 0 Å². The third kappa shape index (κ3) is 3.27. The smallest absolute Gasteiger partial charge is 0.189 e. The van der Waals surface area contributed by atoms with Gasteiger partial charge in [-0.15, -0.1) is 0 Å². The van der Waals surface area contributed by atoms with Gasteiger partial charge in [-0.3, -0.25) is 0 Å². The van der Waals surface area contributed by atoms with Gasteiger partial charge in [0.1, 0.15) is 0 Å². The normalized spacial score (nSPS) is 15.1. The largest absolute Gasteiger partial charge is 0.420 e. The molecule has 1 rings (SSSR count). The maximum atomic E-state index is 5.65. The van der Waals surface area contributed by atoms with E-state index in [9.17, 15) is 0 Å². The maximum absolute atomic E-state index is 5.65. The molecule has 0 fully saturated rings.